The van der Waals surface area contributed by atoms with E-state index in [1.807, 2.05) is 0 Å². The van der Waals surface area contributed by atoms with Crippen molar-refractivity contribution >= 4 is 0 Å². The van der Waals surface area contributed by atoms with Crippen molar-refractivity contribution in [2.24, 2.45) is 0 Å². The summed E-state index contributed by atoms with van der Waals surface area (Å²) in [6.07, 6.45) is 5.25. The minimum absolute atomic E-state index is 0. The summed E-state index contributed by atoms with van der Waals surface area (Å²) < 4.78 is 0. The summed E-state index contributed by atoms with van der Waals surface area (Å²) in [6.45, 7) is 12.0. The van der Waals surface area contributed by atoms with Gasteiger partial charge in [-0.05, 0) is 0 Å². The van der Waals surface area contributed by atoms with Gasteiger partial charge in [-0.2, -0.15) is 0 Å². The molecule has 0 aromatic heterocycles. The molecule has 4 heteroatoms. The molecule has 0 aliphatic rings. The molecule has 0 unspecified atom stereocenters. The molecule has 0 radical (unpaired) electrons. The fourth-order valence-electron chi connectivity index (χ4n) is 0.322. The van der Waals surface area contributed by atoms with Gasteiger partial charge >= 0.3 is 54.8 Å². The molecule has 0 saturated heterocycles. The fourth-order valence-corrected chi connectivity index (χ4v) is 0.322. The Morgan fingerprint density at radius 2 is 1.67 bits per heavy atom. The molecule has 0 saturated carbocycles. The Hall–Kier alpha value is 0.944. The third-order valence-corrected chi connectivity index (χ3v) is 0.724. The number of rotatable bonds is 3. The van der Waals surface area contributed by atoms with E-state index in [-0.39, 0.29) is 62.2 Å². The van der Waals surface area contributed by atoms with Gasteiger partial charge in [0.15, 0.2) is 0 Å². The van der Waals surface area contributed by atoms with E-state index in [9.17, 15) is 0 Å². The zero-order valence-corrected chi connectivity index (χ0v) is 9.47. The summed E-state index contributed by atoms with van der Waals surface area (Å²) in [7, 11) is 0. The first-order valence-corrected chi connectivity index (χ1v) is 2.67. The van der Waals surface area contributed by atoms with E-state index in [0.717, 1.165) is 6.42 Å². The monoisotopic (exact) mass is 201 g/mol. The van der Waals surface area contributed by atoms with Crippen molar-refractivity contribution in [2.45, 2.75) is 26.2 Å². The van der Waals surface area contributed by atoms with Crippen molar-refractivity contribution in [1.82, 2.24) is 0 Å². The molecule has 0 aliphatic heterocycles. The van der Waals surface area contributed by atoms with Crippen LogP contribution in [0.3, 0.4) is 0 Å². The standard InChI is InChI=1S/C6H11.CN.CH3.Cu.2Li/c1-3-5-6-4-2;1-2;;;;/h1,3H,4-6H2,2H3;;1H3;;;/q3*-1;3*+1. The van der Waals surface area contributed by atoms with Crippen LogP contribution in [0, 0.1) is 25.8 Å². The maximum absolute atomic E-state index is 6.25. The van der Waals surface area contributed by atoms with Crippen LogP contribution in [0.4, 0.5) is 0 Å². The Balaban J connectivity index is -0.0000000140. The molecule has 0 aliphatic carbocycles. The number of unbranched alkanes of at least 4 members (excludes halogenated alkanes) is 2. The van der Waals surface area contributed by atoms with Gasteiger partial charge in [0.2, 0.25) is 0 Å². The topological polar surface area (TPSA) is 23.8 Å². The molecule has 1 nitrogen and oxygen atoms in total. The van der Waals surface area contributed by atoms with Gasteiger partial charge in [-0.25, -0.2) is 0 Å². The average molecular weight is 202 g/mol. The molecule has 0 aromatic rings. The van der Waals surface area contributed by atoms with E-state index < -0.39 is 0 Å². The summed E-state index contributed by atoms with van der Waals surface area (Å²) in [6, 6.07) is 0. The van der Waals surface area contributed by atoms with Crippen LogP contribution in [-0.4, -0.2) is 0 Å². The largest absolute Gasteiger partial charge is 1.00 e. The summed E-state index contributed by atoms with van der Waals surface area (Å²) in [5.41, 5.74) is 0. The third kappa shape index (κ3) is 69.6. The molecule has 64 valence electrons. The van der Waals surface area contributed by atoms with Crippen LogP contribution in [0.2, 0.25) is 0 Å². The van der Waals surface area contributed by atoms with Gasteiger partial charge in [-0.3, -0.25) is 6.08 Å². The van der Waals surface area contributed by atoms with Crippen LogP contribution in [-0.2, 0) is 17.1 Å². The SMILES string of the molecule is [C-]#N.[CH-]=CCCCC.[CH3-].[Cu+].[Li+].[Li+]. The molecule has 0 spiro atoms. The van der Waals surface area contributed by atoms with E-state index >= 15 is 0 Å². The normalized spacial score (nSPS) is 4.25. The second kappa shape index (κ2) is 58.5. The number of allylic oxidation sites excluding steroid dienone is 1. The van der Waals surface area contributed by atoms with Crippen molar-refractivity contribution in [2.75, 3.05) is 0 Å². The van der Waals surface area contributed by atoms with E-state index in [2.05, 4.69) is 6.92 Å². The van der Waals surface area contributed by atoms with Gasteiger partial charge < -0.3 is 25.8 Å². The fraction of sp³-hybridized carbons (Fsp3) is 0.500. The molecule has 0 N–H and O–H groups in total. The van der Waals surface area contributed by atoms with Gasteiger partial charge in [-0.1, -0.05) is 26.2 Å². The predicted molar refractivity (Wildman–Crippen MR) is 39.8 cm³/mol. The van der Waals surface area contributed by atoms with Gasteiger partial charge in [-0.15, -0.1) is 0 Å². The molecule has 0 rings (SSSR count). The number of nitrogens with zero attached hydrogens (tertiary/aromatic N) is 1. The van der Waals surface area contributed by atoms with E-state index in [4.69, 9.17) is 18.4 Å². The molecule has 12 heavy (non-hydrogen) atoms. The molecule has 0 amide bonds. The van der Waals surface area contributed by atoms with Gasteiger partial charge in [0.25, 0.3) is 0 Å². The predicted octanol–water partition coefficient (Wildman–Crippen LogP) is -3.28. The molecule has 0 bridgehead atoms. The zero-order chi connectivity index (χ0) is 6.83. The van der Waals surface area contributed by atoms with Crippen LogP contribution in [0.5, 0.6) is 0 Å². The Bertz CT molecular complexity index is 67.3. The minimum atomic E-state index is 0. The molecule has 0 aromatic carbocycles. The van der Waals surface area contributed by atoms with Crippen molar-refractivity contribution in [3.8, 4) is 0 Å². The van der Waals surface area contributed by atoms with E-state index in [0.29, 0.717) is 0 Å². The number of hydrogen-bond donors (Lipinski definition) is 0. The van der Waals surface area contributed by atoms with Crippen LogP contribution in [0.25, 0.3) is 0 Å². The van der Waals surface area contributed by atoms with E-state index in [1.165, 1.54) is 12.8 Å². The van der Waals surface area contributed by atoms with Gasteiger partial charge in [0, 0.05) is 0 Å². The Labute approximate surface area is 112 Å². The van der Waals surface area contributed by atoms with Gasteiger partial charge in [0.1, 0.15) is 0 Å². The van der Waals surface area contributed by atoms with Crippen molar-refractivity contribution in [1.29, 1.82) is 5.26 Å². The molecule has 0 atom stereocenters. The third-order valence-electron chi connectivity index (χ3n) is 0.724. The van der Waals surface area contributed by atoms with Crippen molar-refractivity contribution < 1.29 is 54.8 Å². The molecule has 0 fully saturated rings. The Kier molecular flexibility index (Phi) is 187. The summed E-state index contributed by atoms with van der Waals surface area (Å²) in [5.74, 6) is 0. The average Bonchev–Trinajstić information content (AvgIpc) is 1.88. The summed E-state index contributed by atoms with van der Waals surface area (Å²) in [5, 5.41) is 6.25. The molecular formula is C8H14CuLi2N. The van der Waals surface area contributed by atoms with Crippen LogP contribution >= 0.6 is 0 Å². The first kappa shape index (κ1) is 38.3. The summed E-state index contributed by atoms with van der Waals surface area (Å²) in [4.78, 5) is 0. The maximum atomic E-state index is 6.25. The van der Waals surface area contributed by atoms with Crippen molar-refractivity contribution in [3.05, 3.63) is 26.7 Å². The molecular weight excluding hydrogens is 188 g/mol. The first-order valence-electron chi connectivity index (χ1n) is 2.67. The quantitative estimate of drug-likeness (QED) is 0.267. The van der Waals surface area contributed by atoms with E-state index in [1.54, 1.807) is 6.08 Å². The van der Waals surface area contributed by atoms with Crippen LogP contribution < -0.4 is 37.7 Å². The smallest absolute Gasteiger partial charge is 0.518 e. The second-order valence-corrected chi connectivity index (χ2v) is 1.38. The Morgan fingerprint density at radius 3 is 1.75 bits per heavy atom. The second-order valence-electron chi connectivity index (χ2n) is 1.38. The van der Waals surface area contributed by atoms with Crippen molar-refractivity contribution in [3.63, 3.8) is 0 Å². The number of hydrogen-bond acceptors (Lipinski definition) is 1. The van der Waals surface area contributed by atoms with Crippen LogP contribution in [0.1, 0.15) is 26.2 Å². The maximum Gasteiger partial charge on any atom is 1.00 e. The van der Waals surface area contributed by atoms with Crippen LogP contribution in [0.15, 0.2) is 6.08 Å². The zero-order valence-electron chi connectivity index (χ0n) is 8.52. The summed E-state index contributed by atoms with van der Waals surface area (Å²) >= 11 is 0. The Morgan fingerprint density at radius 1 is 1.33 bits per heavy atom. The van der Waals surface area contributed by atoms with Gasteiger partial charge in [0.05, 0.1) is 0 Å². The first-order chi connectivity index (χ1) is 3.91. The minimum Gasteiger partial charge on any atom is -0.518 e. The molecule has 0 heterocycles.